The first kappa shape index (κ1) is 14.4. The molecule has 0 atom stereocenters. The van der Waals surface area contributed by atoms with Crippen molar-refractivity contribution in [1.29, 1.82) is 0 Å². The number of halogens is 3. The van der Waals surface area contributed by atoms with E-state index in [4.69, 9.17) is 5.11 Å². The Labute approximate surface area is 117 Å². The molecule has 0 aliphatic carbocycles. The molecule has 2 rings (SSSR count). The van der Waals surface area contributed by atoms with Crippen LogP contribution in [0.15, 0.2) is 42.0 Å². The minimum absolute atomic E-state index is 0.0105. The highest BCUT2D eigenvalue weighted by Gasteiger charge is 2.29. The summed E-state index contributed by atoms with van der Waals surface area (Å²) in [6.07, 6.45) is -4.08. The smallest absolute Gasteiger partial charge is 0.416 e. The van der Waals surface area contributed by atoms with Gasteiger partial charge in [0.1, 0.15) is 0 Å². The molecular formula is C13H11F3N2OS. The summed E-state index contributed by atoms with van der Waals surface area (Å²) in [5, 5.41) is 14.2. The van der Waals surface area contributed by atoms with E-state index < -0.39 is 11.7 Å². The first-order valence-electron chi connectivity index (χ1n) is 5.60. The van der Waals surface area contributed by atoms with Gasteiger partial charge in [-0.3, -0.25) is 0 Å². The predicted molar refractivity (Wildman–Crippen MR) is 72.3 cm³/mol. The molecule has 1 aromatic heterocycles. The number of benzene rings is 1. The van der Waals surface area contributed by atoms with E-state index in [1.54, 1.807) is 5.38 Å². The highest BCUT2D eigenvalue weighted by atomic mass is 32.1. The Balaban J connectivity index is 2.06. The standard InChI is InChI=1S/C13H11F3N2OS/c1-8(19)6-11-7-20-12(18-11)17-10-4-2-9(3-5-10)13(14,15)16/h2-5,7,19H,1,6H2,(H,17,18). The first-order chi connectivity index (χ1) is 9.34. The lowest BCUT2D eigenvalue weighted by Crippen LogP contribution is -2.04. The van der Waals surface area contributed by atoms with E-state index in [0.29, 0.717) is 16.5 Å². The van der Waals surface area contributed by atoms with Crippen LogP contribution in [-0.4, -0.2) is 10.1 Å². The third-order valence-electron chi connectivity index (χ3n) is 2.40. The molecule has 0 saturated heterocycles. The summed E-state index contributed by atoms with van der Waals surface area (Å²) in [6.45, 7) is 3.37. The summed E-state index contributed by atoms with van der Waals surface area (Å²) in [7, 11) is 0. The van der Waals surface area contributed by atoms with E-state index in [0.717, 1.165) is 12.1 Å². The average Bonchev–Trinajstić information content (AvgIpc) is 2.75. The van der Waals surface area contributed by atoms with Gasteiger partial charge in [0, 0.05) is 17.5 Å². The molecule has 7 heteroatoms. The molecule has 2 aromatic rings. The Hall–Kier alpha value is -2.02. The van der Waals surface area contributed by atoms with Gasteiger partial charge in [-0.15, -0.1) is 11.3 Å². The number of aliphatic hydroxyl groups is 1. The van der Waals surface area contributed by atoms with Crippen LogP contribution in [0.25, 0.3) is 0 Å². The number of nitrogens with one attached hydrogen (secondary N) is 1. The topological polar surface area (TPSA) is 45.1 Å². The lowest BCUT2D eigenvalue weighted by Gasteiger charge is -2.07. The number of nitrogens with zero attached hydrogens (tertiary/aromatic N) is 1. The molecule has 1 heterocycles. The zero-order valence-corrected chi connectivity index (χ0v) is 11.1. The average molecular weight is 300 g/mol. The number of hydrogen-bond acceptors (Lipinski definition) is 4. The SMILES string of the molecule is C=C(O)Cc1csc(Nc2ccc(C(F)(F)F)cc2)n1. The number of anilines is 2. The number of hydrogen-bond donors (Lipinski definition) is 2. The molecule has 1 aromatic carbocycles. The maximum absolute atomic E-state index is 12.4. The fourth-order valence-corrected chi connectivity index (χ4v) is 2.25. The Bertz CT molecular complexity index is 605. The second-order valence-electron chi connectivity index (χ2n) is 4.09. The highest BCUT2D eigenvalue weighted by Crippen LogP contribution is 2.30. The molecule has 0 saturated carbocycles. The van der Waals surface area contributed by atoms with E-state index in [2.05, 4.69) is 16.9 Å². The van der Waals surface area contributed by atoms with Crippen molar-refractivity contribution in [2.75, 3.05) is 5.32 Å². The fraction of sp³-hybridized carbons (Fsp3) is 0.154. The van der Waals surface area contributed by atoms with E-state index in [9.17, 15) is 13.2 Å². The van der Waals surface area contributed by atoms with Gasteiger partial charge in [-0.1, -0.05) is 6.58 Å². The van der Waals surface area contributed by atoms with Gasteiger partial charge in [0.05, 0.1) is 17.0 Å². The Morgan fingerprint density at radius 3 is 2.50 bits per heavy atom. The first-order valence-corrected chi connectivity index (χ1v) is 6.48. The lowest BCUT2D eigenvalue weighted by atomic mass is 10.2. The number of thiazole rings is 1. The monoisotopic (exact) mass is 300 g/mol. The van der Waals surface area contributed by atoms with Crippen molar-refractivity contribution >= 4 is 22.2 Å². The number of aliphatic hydroxyl groups excluding tert-OH is 1. The van der Waals surface area contributed by atoms with Crippen LogP contribution in [0.3, 0.4) is 0 Å². The number of alkyl halides is 3. The van der Waals surface area contributed by atoms with Gasteiger partial charge in [0.25, 0.3) is 0 Å². The summed E-state index contributed by atoms with van der Waals surface area (Å²) >= 11 is 1.30. The normalized spacial score (nSPS) is 11.3. The molecule has 3 nitrogen and oxygen atoms in total. The summed E-state index contributed by atoms with van der Waals surface area (Å²) < 4.78 is 37.2. The van der Waals surface area contributed by atoms with Crippen LogP contribution in [-0.2, 0) is 12.6 Å². The predicted octanol–water partition coefficient (Wildman–Crippen LogP) is 4.52. The van der Waals surface area contributed by atoms with Crippen LogP contribution in [0.5, 0.6) is 0 Å². The van der Waals surface area contributed by atoms with Gasteiger partial charge < -0.3 is 10.4 Å². The molecule has 0 aliphatic rings. The van der Waals surface area contributed by atoms with Crippen LogP contribution in [0.4, 0.5) is 24.0 Å². The molecule has 0 spiro atoms. The van der Waals surface area contributed by atoms with E-state index in [-0.39, 0.29) is 12.2 Å². The van der Waals surface area contributed by atoms with Gasteiger partial charge in [0.15, 0.2) is 5.13 Å². The minimum Gasteiger partial charge on any atom is -0.513 e. The Kier molecular flexibility index (Phi) is 3.99. The quantitative estimate of drug-likeness (QED) is 0.816. The van der Waals surface area contributed by atoms with Gasteiger partial charge in [-0.25, -0.2) is 4.98 Å². The van der Waals surface area contributed by atoms with Crippen molar-refractivity contribution in [3.05, 3.63) is 53.2 Å². The summed E-state index contributed by atoms with van der Waals surface area (Å²) in [5.41, 5.74) is 0.470. The molecule has 20 heavy (non-hydrogen) atoms. The van der Waals surface area contributed by atoms with Crippen molar-refractivity contribution in [3.8, 4) is 0 Å². The van der Waals surface area contributed by atoms with E-state index in [1.165, 1.54) is 23.5 Å². The van der Waals surface area contributed by atoms with Crippen molar-refractivity contribution < 1.29 is 18.3 Å². The second-order valence-corrected chi connectivity index (χ2v) is 4.95. The Morgan fingerprint density at radius 2 is 1.95 bits per heavy atom. The second kappa shape index (κ2) is 5.54. The summed E-state index contributed by atoms with van der Waals surface area (Å²) in [6, 6.07) is 4.70. The third-order valence-corrected chi connectivity index (χ3v) is 3.21. The van der Waals surface area contributed by atoms with Crippen LogP contribution >= 0.6 is 11.3 Å². The maximum atomic E-state index is 12.4. The largest absolute Gasteiger partial charge is 0.513 e. The van der Waals surface area contributed by atoms with Gasteiger partial charge in [-0.2, -0.15) is 13.2 Å². The molecule has 0 unspecified atom stereocenters. The molecule has 0 bridgehead atoms. The molecule has 0 amide bonds. The number of aromatic nitrogens is 1. The van der Waals surface area contributed by atoms with Gasteiger partial charge >= 0.3 is 6.18 Å². The van der Waals surface area contributed by atoms with Crippen molar-refractivity contribution in [2.45, 2.75) is 12.6 Å². The zero-order valence-electron chi connectivity index (χ0n) is 10.2. The number of rotatable bonds is 4. The lowest BCUT2D eigenvalue weighted by molar-refractivity contribution is -0.137. The van der Waals surface area contributed by atoms with Crippen molar-refractivity contribution in [1.82, 2.24) is 4.98 Å². The van der Waals surface area contributed by atoms with Crippen LogP contribution in [0.2, 0.25) is 0 Å². The van der Waals surface area contributed by atoms with Gasteiger partial charge in [-0.05, 0) is 24.3 Å². The number of allylic oxidation sites excluding steroid dienone is 1. The van der Waals surface area contributed by atoms with Crippen molar-refractivity contribution in [2.24, 2.45) is 0 Å². The maximum Gasteiger partial charge on any atom is 0.416 e. The van der Waals surface area contributed by atoms with Crippen LogP contribution in [0.1, 0.15) is 11.3 Å². The zero-order chi connectivity index (χ0) is 14.8. The molecular weight excluding hydrogens is 289 g/mol. The van der Waals surface area contributed by atoms with Crippen LogP contribution < -0.4 is 5.32 Å². The van der Waals surface area contributed by atoms with E-state index in [1.807, 2.05) is 0 Å². The van der Waals surface area contributed by atoms with Crippen LogP contribution in [0, 0.1) is 0 Å². The molecule has 106 valence electrons. The summed E-state index contributed by atoms with van der Waals surface area (Å²) in [5.74, 6) is 0.0105. The van der Waals surface area contributed by atoms with Gasteiger partial charge in [0.2, 0.25) is 0 Å². The molecule has 0 radical (unpaired) electrons. The third kappa shape index (κ3) is 3.74. The minimum atomic E-state index is -4.34. The molecule has 0 fully saturated rings. The Morgan fingerprint density at radius 1 is 1.30 bits per heavy atom. The van der Waals surface area contributed by atoms with E-state index >= 15 is 0 Å². The highest BCUT2D eigenvalue weighted by molar-refractivity contribution is 7.13. The molecule has 2 N–H and O–H groups in total. The van der Waals surface area contributed by atoms with Crippen molar-refractivity contribution in [3.63, 3.8) is 0 Å². The molecule has 0 aliphatic heterocycles. The summed E-state index contributed by atoms with van der Waals surface area (Å²) in [4.78, 5) is 4.18. The fourth-order valence-electron chi connectivity index (χ4n) is 1.52.